The summed E-state index contributed by atoms with van der Waals surface area (Å²) in [6.07, 6.45) is 4.76. The maximum Gasteiger partial charge on any atom is 0.262 e. The molecule has 1 unspecified atom stereocenters. The van der Waals surface area contributed by atoms with Crippen LogP contribution in [0.4, 0.5) is 0 Å². The molecule has 1 fully saturated rings. The van der Waals surface area contributed by atoms with Crippen LogP contribution in [0.5, 0.6) is 0 Å². The van der Waals surface area contributed by atoms with Gasteiger partial charge in [0.2, 0.25) is 11.8 Å². The molecule has 0 bridgehead atoms. The van der Waals surface area contributed by atoms with E-state index in [0.717, 1.165) is 34.6 Å². The number of aromatic nitrogens is 1. The second-order valence-electron chi connectivity index (χ2n) is 8.50. The molecule has 1 atom stereocenters. The Labute approximate surface area is 205 Å². The van der Waals surface area contributed by atoms with Crippen molar-refractivity contribution in [2.45, 2.75) is 31.8 Å². The molecular weight excluding hydrogens is 479 g/mol. The zero-order chi connectivity index (χ0) is 24.0. The van der Waals surface area contributed by atoms with Gasteiger partial charge in [-0.15, -0.1) is 0 Å². The number of fused-ring (bicyclic) bond motifs is 1. The van der Waals surface area contributed by atoms with Crippen molar-refractivity contribution in [1.29, 1.82) is 0 Å². The number of piperidine rings is 1. The zero-order valence-corrected chi connectivity index (χ0v) is 19.5. The molecule has 1 N–H and O–H groups in total. The van der Waals surface area contributed by atoms with Crippen LogP contribution >= 0.6 is 23.2 Å². The zero-order valence-electron chi connectivity index (χ0n) is 18.0. The summed E-state index contributed by atoms with van der Waals surface area (Å²) in [5.41, 5.74) is 3.46. The van der Waals surface area contributed by atoms with E-state index in [9.17, 15) is 19.2 Å². The minimum atomic E-state index is -0.965. The van der Waals surface area contributed by atoms with Gasteiger partial charge in [0.15, 0.2) is 0 Å². The molecule has 4 amide bonds. The van der Waals surface area contributed by atoms with E-state index in [1.807, 2.05) is 12.1 Å². The highest BCUT2D eigenvalue weighted by Crippen LogP contribution is 2.33. The van der Waals surface area contributed by atoms with Gasteiger partial charge in [-0.25, -0.2) is 4.98 Å². The van der Waals surface area contributed by atoms with E-state index >= 15 is 0 Å². The lowest BCUT2D eigenvalue weighted by Crippen LogP contribution is -2.54. The molecule has 8 nitrogen and oxygen atoms in total. The first kappa shape index (κ1) is 22.7. The van der Waals surface area contributed by atoms with Gasteiger partial charge in [0.25, 0.3) is 11.8 Å². The Morgan fingerprint density at radius 3 is 2.53 bits per heavy atom. The number of nitrogens with one attached hydrogen (secondary N) is 1. The SMILES string of the molecule is O=C1CCC(N2C(=O)c3ccc(CN4CC=C(c5ccnc(Cl)c5Cl)CC4)cc3C2=O)C(=O)N1. The molecule has 4 heterocycles. The Hall–Kier alpha value is -3.07. The predicted octanol–water partition coefficient (Wildman–Crippen LogP) is 3.08. The molecule has 1 saturated heterocycles. The van der Waals surface area contributed by atoms with E-state index in [1.165, 1.54) is 0 Å². The molecule has 3 aliphatic rings. The Kier molecular flexibility index (Phi) is 5.97. The van der Waals surface area contributed by atoms with E-state index in [0.29, 0.717) is 23.7 Å². The van der Waals surface area contributed by atoms with Crippen molar-refractivity contribution >= 4 is 52.4 Å². The second kappa shape index (κ2) is 8.94. The van der Waals surface area contributed by atoms with Crippen LogP contribution in [-0.4, -0.2) is 57.5 Å². The van der Waals surface area contributed by atoms with Gasteiger partial charge in [0, 0.05) is 37.8 Å². The smallest absolute Gasteiger partial charge is 0.262 e. The topological polar surface area (TPSA) is 99.7 Å². The van der Waals surface area contributed by atoms with Crippen LogP contribution in [0.25, 0.3) is 5.57 Å². The summed E-state index contributed by atoms with van der Waals surface area (Å²) in [7, 11) is 0. The Morgan fingerprint density at radius 1 is 1.00 bits per heavy atom. The maximum absolute atomic E-state index is 13.0. The molecule has 5 rings (SSSR count). The molecule has 174 valence electrons. The van der Waals surface area contributed by atoms with E-state index in [4.69, 9.17) is 23.2 Å². The number of pyridine rings is 1. The minimum Gasteiger partial charge on any atom is -0.295 e. The highest BCUT2D eigenvalue weighted by molar-refractivity contribution is 6.42. The third kappa shape index (κ3) is 4.02. The average molecular weight is 499 g/mol. The highest BCUT2D eigenvalue weighted by atomic mass is 35.5. The van der Waals surface area contributed by atoms with Crippen molar-refractivity contribution in [2.75, 3.05) is 13.1 Å². The fourth-order valence-corrected chi connectivity index (χ4v) is 5.03. The molecular formula is C24H20Cl2N4O4. The lowest BCUT2D eigenvalue weighted by Gasteiger charge is -2.27. The number of hydrogen-bond acceptors (Lipinski definition) is 6. The molecule has 0 spiro atoms. The van der Waals surface area contributed by atoms with Gasteiger partial charge in [-0.2, -0.15) is 0 Å². The van der Waals surface area contributed by atoms with Crippen molar-refractivity contribution in [3.8, 4) is 0 Å². The van der Waals surface area contributed by atoms with Gasteiger partial charge >= 0.3 is 0 Å². The van der Waals surface area contributed by atoms with Crippen molar-refractivity contribution in [1.82, 2.24) is 20.1 Å². The summed E-state index contributed by atoms with van der Waals surface area (Å²) >= 11 is 12.3. The monoisotopic (exact) mass is 498 g/mol. The summed E-state index contributed by atoms with van der Waals surface area (Å²) < 4.78 is 0. The molecule has 0 saturated carbocycles. The number of carbonyl (C=O) groups is 4. The molecule has 0 aliphatic carbocycles. The number of rotatable bonds is 4. The van der Waals surface area contributed by atoms with Crippen LogP contribution in [-0.2, 0) is 16.1 Å². The quantitative estimate of drug-likeness (QED) is 0.513. The largest absolute Gasteiger partial charge is 0.295 e. The Balaban J connectivity index is 1.30. The third-order valence-electron chi connectivity index (χ3n) is 6.40. The van der Waals surface area contributed by atoms with Crippen molar-refractivity contribution in [3.63, 3.8) is 0 Å². The third-order valence-corrected chi connectivity index (χ3v) is 7.16. The summed E-state index contributed by atoms with van der Waals surface area (Å²) in [6.45, 7) is 2.08. The summed E-state index contributed by atoms with van der Waals surface area (Å²) in [5.74, 6) is -2.01. The number of halogens is 2. The van der Waals surface area contributed by atoms with Gasteiger partial charge in [-0.1, -0.05) is 35.3 Å². The summed E-state index contributed by atoms with van der Waals surface area (Å²) in [4.78, 5) is 56.7. The van der Waals surface area contributed by atoms with E-state index < -0.39 is 29.7 Å². The highest BCUT2D eigenvalue weighted by Gasteiger charge is 2.44. The number of carbonyl (C=O) groups excluding carboxylic acids is 4. The molecule has 1 aromatic carbocycles. The molecule has 34 heavy (non-hydrogen) atoms. The van der Waals surface area contributed by atoms with Crippen molar-refractivity contribution < 1.29 is 19.2 Å². The van der Waals surface area contributed by atoms with Gasteiger partial charge < -0.3 is 0 Å². The number of hydrogen-bond donors (Lipinski definition) is 1. The fourth-order valence-electron chi connectivity index (χ4n) is 4.64. The van der Waals surface area contributed by atoms with Crippen molar-refractivity contribution in [2.24, 2.45) is 0 Å². The van der Waals surface area contributed by atoms with Crippen LogP contribution in [0.1, 0.15) is 51.1 Å². The molecule has 0 radical (unpaired) electrons. The van der Waals surface area contributed by atoms with Gasteiger partial charge in [-0.05, 0) is 42.2 Å². The van der Waals surface area contributed by atoms with Crippen LogP contribution in [0, 0.1) is 0 Å². The maximum atomic E-state index is 13.0. The van der Waals surface area contributed by atoms with Gasteiger partial charge in [-0.3, -0.25) is 34.3 Å². The lowest BCUT2D eigenvalue weighted by atomic mass is 9.99. The van der Waals surface area contributed by atoms with Crippen LogP contribution in [0.2, 0.25) is 10.2 Å². The second-order valence-corrected chi connectivity index (χ2v) is 9.24. The summed E-state index contributed by atoms with van der Waals surface area (Å²) in [6, 6.07) is 6.08. The molecule has 10 heteroatoms. The number of nitrogens with zero attached hydrogens (tertiary/aromatic N) is 3. The van der Waals surface area contributed by atoms with Crippen molar-refractivity contribution in [3.05, 3.63) is 69.0 Å². The molecule has 3 aliphatic heterocycles. The van der Waals surface area contributed by atoms with Crippen LogP contribution in [0.15, 0.2) is 36.5 Å². The molecule has 1 aromatic heterocycles. The van der Waals surface area contributed by atoms with Crippen LogP contribution < -0.4 is 5.32 Å². The fraction of sp³-hybridized carbons (Fsp3) is 0.292. The first-order valence-electron chi connectivity index (χ1n) is 10.9. The van der Waals surface area contributed by atoms with Gasteiger partial charge in [0.05, 0.1) is 16.1 Å². The van der Waals surface area contributed by atoms with E-state index in [2.05, 4.69) is 21.3 Å². The number of amides is 4. The number of imide groups is 2. The first-order chi connectivity index (χ1) is 16.3. The normalized spacial score (nSPS) is 20.9. The van der Waals surface area contributed by atoms with E-state index in [1.54, 1.807) is 18.3 Å². The van der Waals surface area contributed by atoms with Gasteiger partial charge in [0.1, 0.15) is 11.2 Å². The van der Waals surface area contributed by atoms with Crippen LogP contribution in [0.3, 0.4) is 0 Å². The standard InChI is InChI=1S/C24H20Cl2N4O4/c25-20-15(5-8-27-21(20)26)14-6-9-29(10-7-14)12-13-1-2-16-17(11-13)24(34)30(23(16)33)18-3-4-19(31)28-22(18)32/h1-2,5-6,8,11,18H,3-4,7,9-10,12H2,(H,28,31,32). The predicted molar refractivity (Wildman–Crippen MR) is 125 cm³/mol. The first-order valence-corrected chi connectivity index (χ1v) is 11.7. The number of benzene rings is 1. The van der Waals surface area contributed by atoms with E-state index in [-0.39, 0.29) is 23.6 Å². The summed E-state index contributed by atoms with van der Waals surface area (Å²) in [5, 5.41) is 2.94. The lowest BCUT2D eigenvalue weighted by molar-refractivity contribution is -0.136. The Bertz CT molecular complexity index is 1280. The minimum absolute atomic E-state index is 0.0937. The Morgan fingerprint density at radius 2 is 1.79 bits per heavy atom. The molecule has 2 aromatic rings. The average Bonchev–Trinajstić information content (AvgIpc) is 3.06.